The maximum atomic E-state index is 5.87. The summed E-state index contributed by atoms with van der Waals surface area (Å²) in [7, 11) is 0. The van der Waals surface area contributed by atoms with Crippen LogP contribution >= 0.6 is 23.2 Å². The standard InChI is InChI=1S/C10H12Cl2O2/c1-3-13-14-6-8-5-10(12)9(11)4-7(8)2/h4-5H,3,6H2,1-2H3. The largest absolute Gasteiger partial charge is 0.237 e. The van der Waals surface area contributed by atoms with Crippen LogP contribution in [0.25, 0.3) is 0 Å². The van der Waals surface area contributed by atoms with Crippen molar-refractivity contribution in [2.45, 2.75) is 20.5 Å². The molecule has 0 aliphatic carbocycles. The highest BCUT2D eigenvalue weighted by molar-refractivity contribution is 6.42. The van der Waals surface area contributed by atoms with Gasteiger partial charge in [-0.05, 0) is 37.1 Å². The summed E-state index contributed by atoms with van der Waals surface area (Å²) in [5, 5.41) is 1.09. The van der Waals surface area contributed by atoms with Crippen molar-refractivity contribution in [1.82, 2.24) is 0 Å². The third-order valence-corrected chi connectivity index (χ3v) is 2.52. The van der Waals surface area contributed by atoms with Gasteiger partial charge in [-0.1, -0.05) is 23.2 Å². The summed E-state index contributed by atoms with van der Waals surface area (Å²) in [6.07, 6.45) is 0. The first-order valence-corrected chi connectivity index (χ1v) is 5.09. The zero-order chi connectivity index (χ0) is 10.6. The molecule has 0 N–H and O–H groups in total. The number of hydrogen-bond donors (Lipinski definition) is 0. The van der Waals surface area contributed by atoms with E-state index in [4.69, 9.17) is 33.0 Å². The van der Waals surface area contributed by atoms with Crippen molar-refractivity contribution in [3.8, 4) is 0 Å². The first-order valence-electron chi connectivity index (χ1n) is 4.34. The Kier molecular flexibility index (Phi) is 4.69. The molecule has 0 atom stereocenters. The smallest absolute Gasteiger partial charge is 0.108 e. The number of aryl methyl sites for hydroxylation is 1. The van der Waals surface area contributed by atoms with Crippen molar-refractivity contribution in [3.05, 3.63) is 33.3 Å². The molecule has 0 fully saturated rings. The Morgan fingerprint density at radius 1 is 1.14 bits per heavy atom. The van der Waals surface area contributed by atoms with Crippen LogP contribution in [0.4, 0.5) is 0 Å². The zero-order valence-electron chi connectivity index (χ0n) is 8.14. The van der Waals surface area contributed by atoms with E-state index in [-0.39, 0.29) is 0 Å². The molecule has 0 aromatic heterocycles. The van der Waals surface area contributed by atoms with Crippen molar-refractivity contribution < 1.29 is 9.78 Å². The van der Waals surface area contributed by atoms with Crippen LogP contribution < -0.4 is 0 Å². The van der Waals surface area contributed by atoms with E-state index < -0.39 is 0 Å². The van der Waals surface area contributed by atoms with Crippen LogP contribution in [-0.4, -0.2) is 6.61 Å². The fourth-order valence-corrected chi connectivity index (χ4v) is 1.44. The van der Waals surface area contributed by atoms with Crippen LogP contribution in [0, 0.1) is 6.92 Å². The minimum absolute atomic E-state index is 0.385. The molecule has 2 nitrogen and oxygen atoms in total. The molecule has 1 rings (SSSR count). The highest BCUT2D eigenvalue weighted by Gasteiger charge is 2.04. The molecule has 0 saturated carbocycles. The first kappa shape index (κ1) is 11.8. The number of rotatable bonds is 4. The topological polar surface area (TPSA) is 18.5 Å². The third-order valence-electron chi connectivity index (χ3n) is 1.79. The van der Waals surface area contributed by atoms with Crippen molar-refractivity contribution in [2.75, 3.05) is 6.61 Å². The molecule has 0 aliphatic rings. The quantitative estimate of drug-likeness (QED) is 0.449. The Morgan fingerprint density at radius 3 is 2.43 bits per heavy atom. The van der Waals surface area contributed by atoms with E-state index in [1.165, 1.54) is 0 Å². The minimum atomic E-state index is 0.385. The maximum Gasteiger partial charge on any atom is 0.108 e. The van der Waals surface area contributed by atoms with Gasteiger partial charge in [0.15, 0.2) is 0 Å². The molecule has 1 aromatic rings. The molecule has 78 valence electrons. The van der Waals surface area contributed by atoms with E-state index in [2.05, 4.69) is 0 Å². The van der Waals surface area contributed by atoms with Gasteiger partial charge in [0.25, 0.3) is 0 Å². The summed E-state index contributed by atoms with van der Waals surface area (Å²) < 4.78 is 0. The van der Waals surface area contributed by atoms with Crippen molar-refractivity contribution in [3.63, 3.8) is 0 Å². The summed E-state index contributed by atoms with van der Waals surface area (Å²) in [6, 6.07) is 3.60. The summed E-state index contributed by atoms with van der Waals surface area (Å²) in [5.41, 5.74) is 2.02. The molecule has 14 heavy (non-hydrogen) atoms. The molecule has 0 bridgehead atoms. The van der Waals surface area contributed by atoms with E-state index in [0.29, 0.717) is 23.3 Å². The molecule has 0 amide bonds. The summed E-state index contributed by atoms with van der Waals surface area (Å²) in [6.45, 7) is 4.73. The third kappa shape index (κ3) is 3.14. The monoisotopic (exact) mass is 234 g/mol. The van der Waals surface area contributed by atoms with Crippen LogP contribution in [0.1, 0.15) is 18.1 Å². The Bertz CT molecular complexity index is 313. The summed E-state index contributed by atoms with van der Waals surface area (Å²) >= 11 is 11.7. The van der Waals surface area contributed by atoms with Gasteiger partial charge in [-0.15, -0.1) is 0 Å². The minimum Gasteiger partial charge on any atom is -0.237 e. The fourth-order valence-electron chi connectivity index (χ4n) is 1.03. The highest BCUT2D eigenvalue weighted by atomic mass is 35.5. The van der Waals surface area contributed by atoms with E-state index in [9.17, 15) is 0 Å². The van der Waals surface area contributed by atoms with E-state index >= 15 is 0 Å². The summed E-state index contributed by atoms with van der Waals surface area (Å²) in [5.74, 6) is 0. The molecule has 0 radical (unpaired) electrons. The van der Waals surface area contributed by atoms with E-state index in [1.54, 1.807) is 6.07 Å². The second-order valence-electron chi connectivity index (χ2n) is 2.86. The fraction of sp³-hybridized carbons (Fsp3) is 0.400. The lowest BCUT2D eigenvalue weighted by atomic mass is 10.1. The molecule has 1 aromatic carbocycles. The molecule has 0 spiro atoms. The van der Waals surface area contributed by atoms with E-state index in [0.717, 1.165) is 11.1 Å². The van der Waals surface area contributed by atoms with Gasteiger partial charge in [0, 0.05) is 0 Å². The van der Waals surface area contributed by atoms with Gasteiger partial charge in [0.1, 0.15) is 6.61 Å². The van der Waals surface area contributed by atoms with Crippen LogP contribution in [0.5, 0.6) is 0 Å². The van der Waals surface area contributed by atoms with Gasteiger partial charge >= 0.3 is 0 Å². The highest BCUT2D eigenvalue weighted by Crippen LogP contribution is 2.25. The number of halogens is 2. The molecule has 0 aliphatic heterocycles. The second kappa shape index (κ2) is 5.56. The number of hydrogen-bond acceptors (Lipinski definition) is 2. The van der Waals surface area contributed by atoms with Gasteiger partial charge in [-0.2, -0.15) is 0 Å². The maximum absolute atomic E-state index is 5.87. The van der Waals surface area contributed by atoms with Crippen LogP contribution in [0.2, 0.25) is 10.0 Å². The van der Waals surface area contributed by atoms with Crippen LogP contribution in [0.15, 0.2) is 12.1 Å². The predicted octanol–water partition coefficient (Wildman–Crippen LogP) is 3.77. The molecule has 0 unspecified atom stereocenters. The van der Waals surface area contributed by atoms with Crippen LogP contribution in [0.3, 0.4) is 0 Å². The van der Waals surface area contributed by atoms with Crippen LogP contribution in [-0.2, 0) is 16.4 Å². The number of benzene rings is 1. The average Bonchev–Trinajstić information content (AvgIpc) is 2.14. The van der Waals surface area contributed by atoms with Gasteiger partial charge in [-0.3, -0.25) is 0 Å². The Hall–Kier alpha value is -0.280. The van der Waals surface area contributed by atoms with Crippen molar-refractivity contribution in [2.24, 2.45) is 0 Å². The molecule has 0 saturated heterocycles. The van der Waals surface area contributed by atoms with Gasteiger partial charge in [-0.25, -0.2) is 9.78 Å². The molecular weight excluding hydrogens is 223 g/mol. The van der Waals surface area contributed by atoms with E-state index in [1.807, 2.05) is 19.9 Å². The Morgan fingerprint density at radius 2 is 1.79 bits per heavy atom. The molecule has 0 heterocycles. The Labute approximate surface area is 93.7 Å². The average molecular weight is 235 g/mol. The zero-order valence-corrected chi connectivity index (χ0v) is 9.65. The first-order chi connectivity index (χ1) is 6.65. The second-order valence-corrected chi connectivity index (χ2v) is 3.68. The normalized spacial score (nSPS) is 10.6. The lowest BCUT2D eigenvalue weighted by Crippen LogP contribution is -1.97. The lowest BCUT2D eigenvalue weighted by molar-refractivity contribution is -0.300. The molecular formula is C10H12Cl2O2. The summed E-state index contributed by atoms with van der Waals surface area (Å²) in [4.78, 5) is 9.73. The van der Waals surface area contributed by atoms with Gasteiger partial charge in [0.2, 0.25) is 0 Å². The van der Waals surface area contributed by atoms with Gasteiger partial charge in [0.05, 0.1) is 16.7 Å². The SMILES string of the molecule is CCOOCc1cc(Cl)c(Cl)cc1C. The predicted molar refractivity (Wildman–Crippen MR) is 57.6 cm³/mol. The Balaban J connectivity index is 2.72. The van der Waals surface area contributed by atoms with Crippen molar-refractivity contribution >= 4 is 23.2 Å². The molecule has 4 heteroatoms. The lowest BCUT2D eigenvalue weighted by Gasteiger charge is -2.07. The van der Waals surface area contributed by atoms with Gasteiger partial charge < -0.3 is 0 Å². The van der Waals surface area contributed by atoms with Crippen molar-refractivity contribution in [1.29, 1.82) is 0 Å².